The number of fused-ring (bicyclic) bond motifs is 1. The van der Waals surface area contributed by atoms with E-state index in [-0.39, 0.29) is 11.5 Å². The van der Waals surface area contributed by atoms with E-state index in [9.17, 15) is 9.59 Å². The number of hydrogen-bond acceptors (Lipinski definition) is 5. The minimum absolute atomic E-state index is 0.191. The maximum Gasteiger partial charge on any atom is 0.343 e. The third-order valence-corrected chi connectivity index (χ3v) is 4.82. The molecule has 0 bridgehead atoms. The van der Waals surface area contributed by atoms with Crippen molar-refractivity contribution in [3.8, 4) is 11.5 Å². The van der Waals surface area contributed by atoms with Crippen LogP contribution in [0.3, 0.4) is 0 Å². The van der Waals surface area contributed by atoms with Crippen molar-refractivity contribution in [2.75, 3.05) is 0 Å². The fraction of sp³-hybridized carbons (Fsp3) is 0. The molecule has 0 radical (unpaired) electrons. The van der Waals surface area contributed by atoms with Crippen molar-refractivity contribution < 1.29 is 19.1 Å². The lowest BCUT2D eigenvalue weighted by Crippen LogP contribution is -2.08. The minimum atomic E-state index is -0.514. The first-order chi connectivity index (χ1) is 12.6. The summed E-state index contributed by atoms with van der Waals surface area (Å²) < 4.78 is 11.0. The van der Waals surface area contributed by atoms with E-state index in [1.165, 1.54) is 17.4 Å². The second-order valence-electron chi connectivity index (χ2n) is 5.51. The van der Waals surface area contributed by atoms with Gasteiger partial charge in [-0.05, 0) is 47.8 Å². The number of Topliss-reactive ketones (excluding diaryl/α,β-unsaturated/α-hetero) is 1. The number of hydrogen-bond donors (Lipinski definition) is 0. The van der Waals surface area contributed by atoms with Gasteiger partial charge in [0.05, 0.1) is 11.1 Å². The Morgan fingerprint density at radius 1 is 1.12 bits per heavy atom. The number of thiophene rings is 1. The SMILES string of the molecule is O=C(Oc1ccc2c(c1)O/C(=C/c1cccs1)C2=O)c1ccc(Cl)cc1. The zero-order valence-corrected chi connectivity index (χ0v) is 14.8. The van der Waals surface area contributed by atoms with Crippen LogP contribution in [0.2, 0.25) is 5.02 Å². The Morgan fingerprint density at radius 3 is 2.65 bits per heavy atom. The molecule has 4 rings (SSSR count). The number of benzene rings is 2. The van der Waals surface area contributed by atoms with Gasteiger partial charge >= 0.3 is 5.97 Å². The average molecular weight is 383 g/mol. The second-order valence-corrected chi connectivity index (χ2v) is 6.93. The third-order valence-electron chi connectivity index (χ3n) is 3.75. The van der Waals surface area contributed by atoms with Gasteiger partial charge in [-0.25, -0.2) is 4.79 Å². The van der Waals surface area contributed by atoms with Gasteiger partial charge in [0.1, 0.15) is 11.5 Å². The molecule has 0 N–H and O–H groups in total. The molecule has 0 saturated heterocycles. The number of carbonyl (C=O) groups is 2. The van der Waals surface area contributed by atoms with Gasteiger partial charge in [-0.1, -0.05) is 17.7 Å². The first kappa shape index (κ1) is 16.6. The Balaban J connectivity index is 1.55. The molecule has 0 atom stereocenters. The number of esters is 1. The molecule has 0 saturated carbocycles. The lowest BCUT2D eigenvalue weighted by atomic mass is 10.1. The van der Waals surface area contributed by atoms with Crippen LogP contribution in [0.5, 0.6) is 11.5 Å². The van der Waals surface area contributed by atoms with Crippen LogP contribution in [-0.4, -0.2) is 11.8 Å². The Morgan fingerprint density at radius 2 is 1.92 bits per heavy atom. The Kier molecular flexibility index (Phi) is 4.32. The lowest BCUT2D eigenvalue weighted by molar-refractivity contribution is 0.0734. The normalized spacial score (nSPS) is 14.2. The summed E-state index contributed by atoms with van der Waals surface area (Å²) in [7, 11) is 0. The molecule has 4 nitrogen and oxygen atoms in total. The number of allylic oxidation sites excluding steroid dienone is 1. The van der Waals surface area contributed by atoms with Gasteiger partial charge in [0, 0.05) is 22.0 Å². The first-order valence-electron chi connectivity index (χ1n) is 7.70. The molecular weight excluding hydrogens is 372 g/mol. The summed E-state index contributed by atoms with van der Waals surface area (Å²) in [6.45, 7) is 0. The molecule has 0 aliphatic carbocycles. The molecule has 2 heterocycles. The topological polar surface area (TPSA) is 52.6 Å². The molecule has 3 aromatic rings. The highest BCUT2D eigenvalue weighted by Gasteiger charge is 2.28. The molecule has 2 aromatic carbocycles. The summed E-state index contributed by atoms with van der Waals surface area (Å²) >= 11 is 7.33. The molecule has 0 spiro atoms. The monoisotopic (exact) mass is 382 g/mol. The largest absolute Gasteiger partial charge is 0.452 e. The molecule has 6 heteroatoms. The molecule has 0 fully saturated rings. The van der Waals surface area contributed by atoms with Crippen molar-refractivity contribution in [3.05, 3.63) is 86.8 Å². The van der Waals surface area contributed by atoms with E-state index >= 15 is 0 Å². The number of rotatable bonds is 3. The minimum Gasteiger partial charge on any atom is -0.452 e. The van der Waals surface area contributed by atoms with Crippen LogP contribution in [0.1, 0.15) is 25.6 Å². The maximum atomic E-state index is 12.4. The van der Waals surface area contributed by atoms with E-state index in [0.717, 1.165) is 4.88 Å². The predicted octanol–water partition coefficient (Wildman–Crippen LogP) is 5.24. The van der Waals surface area contributed by atoms with Gasteiger partial charge in [-0.15, -0.1) is 11.3 Å². The third kappa shape index (κ3) is 3.27. The molecule has 0 amide bonds. The average Bonchev–Trinajstić information content (AvgIpc) is 3.24. The summed E-state index contributed by atoms with van der Waals surface area (Å²) in [4.78, 5) is 25.5. The van der Waals surface area contributed by atoms with Gasteiger partial charge < -0.3 is 9.47 Å². The van der Waals surface area contributed by atoms with Crippen LogP contribution in [0.4, 0.5) is 0 Å². The Hall–Kier alpha value is -2.89. The van der Waals surface area contributed by atoms with Crippen molar-refractivity contribution in [1.82, 2.24) is 0 Å². The highest BCUT2D eigenvalue weighted by atomic mass is 35.5. The number of carbonyl (C=O) groups excluding carboxylic acids is 2. The molecule has 0 unspecified atom stereocenters. The molecule has 1 aliphatic rings. The van der Waals surface area contributed by atoms with E-state index in [4.69, 9.17) is 21.1 Å². The fourth-order valence-electron chi connectivity index (χ4n) is 2.49. The van der Waals surface area contributed by atoms with Crippen LogP contribution >= 0.6 is 22.9 Å². The van der Waals surface area contributed by atoms with Crippen LogP contribution in [0, 0.1) is 0 Å². The summed E-state index contributed by atoms with van der Waals surface area (Å²) in [5.41, 5.74) is 0.823. The molecule has 1 aromatic heterocycles. The molecule has 26 heavy (non-hydrogen) atoms. The summed E-state index contributed by atoms with van der Waals surface area (Å²) in [5, 5.41) is 2.46. The maximum absolute atomic E-state index is 12.4. The summed E-state index contributed by atoms with van der Waals surface area (Å²) in [6, 6.07) is 14.9. The number of ether oxygens (including phenoxy) is 2. The van der Waals surface area contributed by atoms with Crippen molar-refractivity contribution in [3.63, 3.8) is 0 Å². The van der Waals surface area contributed by atoms with Gasteiger partial charge in [-0.3, -0.25) is 4.79 Å². The fourth-order valence-corrected chi connectivity index (χ4v) is 3.26. The molecule has 1 aliphatic heterocycles. The van der Waals surface area contributed by atoms with E-state index in [2.05, 4.69) is 0 Å². The lowest BCUT2D eigenvalue weighted by Gasteiger charge is -2.05. The van der Waals surface area contributed by atoms with E-state index < -0.39 is 5.97 Å². The predicted molar refractivity (Wildman–Crippen MR) is 100 cm³/mol. The smallest absolute Gasteiger partial charge is 0.343 e. The number of halogens is 1. The number of ketones is 1. The van der Waals surface area contributed by atoms with Crippen molar-refractivity contribution in [2.45, 2.75) is 0 Å². The van der Waals surface area contributed by atoms with Crippen molar-refractivity contribution in [1.29, 1.82) is 0 Å². The summed E-state index contributed by atoms with van der Waals surface area (Å²) in [5.74, 6) is 0.223. The molecular formula is C20H11ClO4S. The van der Waals surface area contributed by atoms with Gasteiger partial charge in [0.2, 0.25) is 5.78 Å². The Labute approximate surface area is 158 Å². The van der Waals surface area contributed by atoms with Crippen molar-refractivity contribution >= 4 is 40.8 Å². The quantitative estimate of drug-likeness (QED) is 0.353. The highest BCUT2D eigenvalue weighted by Crippen LogP contribution is 2.35. The first-order valence-corrected chi connectivity index (χ1v) is 8.95. The van der Waals surface area contributed by atoms with E-state index in [0.29, 0.717) is 27.6 Å². The zero-order chi connectivity index (χ0) is 18.1. The van der Waals surface area contributed by atoms with Gasteiger partial charge in [0.15, 0.2) is 5.76 Å². The van der Waals surface area contributed by atoms with Crippen molar-refractivity contribution in [2.24, 2.45) is 0 Å². The molecule has 128 valence electrons. The van der Waals surface area contributed by atoms with E-state index in [1.807, 2.05) is 17.5 Å². The zero-order valence-electron chi connectivity index (χ0n) is 13.3. The second kappa shape index (κ2) is 6.78. The van der Waals surface area contributed by atoms with Gasteiger partial charge in [0.25, 0.3) is 0 Å². The van der Waals surface area contributed by atoms with Crippen LogP contribution in [0.25, 0.3) is 6.08 Å². The summed E-state index contributed by atoms with van der Waals surface area (Å²) in [6.07, 6.45) is 1.70. The van der Waals surface area contributed by atoms with Gasteiger partial charge in [-0.2, -0.15) is 0 Å². The van der Waals surface area contributed by atoms with Crippen LogP contribution in [0.15, 0.2) is 65.7 Å². The highest BCUT2D eigenvalue weighted by molar-refractivity contribution is 7.10. The van der Waals surface area contributed by atoms with E-state index in [1.54, 1.807) is 42.5 Å². The van der Waals surface area contributed by atoms with Crippen LogP contribution < -0.4 is 9.47 Å². The standard InChI is InChI=1S/C20H11ClO4S/c21-13-5-3-12(4-6-13)20(23)24-14-7-8-16-17(10-14)25-18(19(16)22)11-15-2-1-9-26-15/h1-11H/b18-11+. The Bertz CT molecular complexity index is 1020. The van der Waals surface area contributed by atoms with Crippen LogP contribution in [-0.2, 0) is 0 Å².